The molecule has 0 N–H and O–H groups in total. The van der Waals surface area contributed by atoms with Gasteiger partial charge in [-0.25, -0.2) is 16.8 Å². The van der Waals surface area contributed by atoms with Crippen LogP contribution in [0.3, 0.4) is 0 Å². The smallest absolute Gasteiger partial charge is 0.223 e. The van der Waals surface area contributed by atoms with Crippen molar-refractivity contribution in [3.63, 3.8) is 0 Å². The Labute approximate surface area is 173 Å². The molecule has 146 valence electrons. The maximum Gasteiger partial charge on any atom is 0.244 e. The second-order valence-electron chi connectivity index (χ2n) is 6.30. The zero-order chi connectivity index (χ0) is 20.0. The van der Waals surface area contributed by atoms with E-state index in [1.165, 1.54) is 36.4 Å². The molecule has 10 heteroatoms. The molecule has 1 heterocycles. The van der Waals surface area contributed by atoms with Crippen molar-refractivity contribution in [2.45, 2.75) is 28.4 Å². The molecule has 1 saturated heterocycles. The lowest BCUT2D eigenvalue weighted by Gasteiger charge is -2.18. The van der Waals surface area contributed by atoms with Crippen molar-refractivity contribution >= 4 is 54.7 Å². The highest BCUT2D eigenvalue weighted by atomic mass is 35.5. The summed E-state index contributed by atoms with van der Waals surface area (Å²) in [7, 11) is -7.61. The van der Waals surface area contributed by atoms with E-state index >= 15 is 0 Å². The molecule has 1 fully saturated rings. The van der Waals surface area contributed by atoms with Crippen LogP contribution in [0.1, 0.15) is 12.0 Å². The van der Waals surface area contributed by atoms with Crippen molar-refractivity contribution in [1.82, 2.24) is 4.31 Å². The number of hydrogen-bond acceptors (Lipinski definition) is 4. The molecule has 0 radical (unpaired) electrons. The number of hydrogen-bond donors (Lipinski definition) is 0. The number of rotatable bonds is 4. The molecule has 1 atom stereocenters. The van der Waals surface area contributed by atoms with E-state index in [-0.39, 0.29) is 34.3 Å². The quantitative estimate of drug-likeness (QED) is 0.674. The molecule has 0 aliphatic carbocycles. The van der Waals surface area contributed by atoms with Gasteiger partial charge in [-0.2, -0.15) is 4.31 Å². The first-order chi connectivity index (χ1) is 12.5. The Morgan fingerprint density at radius 1 is 0.963 bits per heavy atom. The van der Waals surface area contributed by atoms with Crippen LogP contribution in [0.25, 0.3) is 0 Å². The van der Waals surface area contributed by atoms with Gasteiger partial charge in [0.2, 0.25) is 10.0 Å². The van der Waals surface area contributed by atoms with E-state index < -0.39 is 25.1 Å². The first-order valence-corrected chi connectivity index (χ1v) is 12.1. The van der Waals surface area contributed by atoms with Crippen LogP contribution in [0.2, 0.25) is 15.1 Å². The number of aryl methyl sites for hydroxylation is 1. The molecule has 1 unspecified atom stereocenters. The summed E-state index contributed by atoms with van der Waals surface area (Å²) in [5.74, 6) is 0. The average molecular weight is 469 g/mol. The third-order valence-corrected chi connectivity index (χ3v) is 9.70. The summed E-state index contributed by atoms with van der Waals surface area (Å²) >= 11 is 17.9. The van der Waals surface area contributed by atoms with Crippen LogP contribution in [0.15, 0.2) is 46.2 Å². The number of sulfone groups is 1. The second kappa shape index (κ2) is 7.54. The fourth-order valence-electron chi connectivity index (χ4n) is 2.95. The molecule has 1 aliphatic heterocycles. The Morgan fingerprint density at radius 2 is 1.59 bits per heavy atom. The summed E-state index contributed by atoms with van der Waals surface area (Å²) in [6.45, 7) is 1.64. The lowest BCUT2D eigenvalue weighted by molar-refractivity contribution is 0.476. The minimum atomic E-state index is -3.93. The molecule has 27 heavy (non-hydrogen) atoms. The molecular formula is C17H16Cl3NO4S2. The zero-order valence-electron chi connectivity index (χ0n) is 14.2. The van der Waals surface area contributed by atoms with Gasteiger partial charge >= 0.3 is 0 Å². The second-order valence-corrected chi connectivity index (χ2v) is 11.7. The Kier molecular flexibility index (Phi) is 5.83. The highest BCUT2D eigenvalue weighted by Gasteiger charge is 2.40. The molecule has 0 amide bonds. The third kappa shape index (κ3) is 3.99. The normalized spacial score (nSPS) is 18.7. The summed E-state index contributed by atoms with van der Waals surface area (Å²) in [6, 6.07) is 8.62. The van der Waals surface area contributed by atoms with E-state index in [2.05, 4.69) is 0 Å². The lowest BCUT2D eigenvalue weighted by Crippen LogP contribution is -2.32. The molecule has 5 nitrogen and oxygen atoms in total. The Balaban J connectivity index is 1.89. The Morgan fingerprint density at radius 3 is 2.22 bits per heavy atom. The molecule has 0 bridgehead atoms. The van der Waals surface area contributed by atoms with E-state index in [9.17, 15) is 16.8 Å². The monoisotopic (exact) mass is 467 g/mol. The molecule has 0 aromatic heterocycles. The topological polar surface area (TPSA) is 71.5 Å². The van der Waals surface area contributed by atoms with Crippen molar-refractivity contribution in [1.29, 1.82) is 0 Å². The van der Waals surface area contributed by atoms with Crippen molar-refractivity contribution in [3.8, 4) is 0 Å². The third-order valence-electron chi connectivity index (χ3n) is 4.52. The van der Waals surface area contributed by atoms with E-state index in [1.54, 1.807) is 6.92 Å². The van der Waals surface area contributed by atoms with Gasteiger partial charge in [0.05, 0.1) is 15.2 Å². The van der Waals surface area contributed by atoms with Crippen LogP contribution in [0, 0.1) is 6.92 Å². The van der Waals surface area contributed by atoms with E-state index in [0.717, 1.165) is 4.31 Å². The largest absolute Gasteiger partial charge is 0.244 e. The average Bonchev–Trinajstić information content (AvgIpc) is 3.10. The Bertz CT molecular complexity index is 1080. The minimum absolute atomic E-state index is 0.00890. The molecular weight excluding hydrogens is 453 g/mol. The van der Waals surface area contributed by atoms with Gasteiger partial charge in [0.25, 0.3) is 0 Å². The summed E-state index contributed by atoms with van der Waals surface area (Å²) in [5, 5.41) is -0.0314. The van der Waals surface area contributed by atoms with Crippen LogP contribution in [-0.2, 0) is 19.9 Å². The predicted molar refractivity (Wildman–Crippen MR) is 107 cm³/mol. The fraction of sp³-hybridized carbons (Fsp3) is 0.294. The maximum atomic E-state index is 13.0. The summed E-state index contributed by atoms with van der Waals surface area (Å²) < 4.78 is 52.7. The molecule has 2 aromatic rings. The number of nitrogens with zero attached hydrogens (tertiary/aromatic N) is 1. The van der Waals surface area contributed by atoms with Gasteiger partial charge in [0.1, 0.15) is 4.90 Å². The first kappa shape index (κ1) is 20.9. The molecule has 0 spiro atoms. The Hall–Kier alpha value is -0.830. The van der Waals surface area contributed by atoms with Crippen LogP contribution in [0.4, 0.5) is 0 Å². The first-order valence-electron chi connectivity index (χ1n) is 7.99. The van der Waals surface area contributed by atoms with Gasteiger partial charge in [-0.15, -0.1) is 0 Å². The van der Waals surface area contributed by atoms with Gasteiger partial charge < -0.3 is 0 Å². The van der Waals surface area contributed by atoms with Gasteiger partial charge in [0.15, 0.2) is 9.84 Å². The van der Waals surface area contributed by atoms with Gasteiger partial charge in [0, 0.05) is 23.1 Å². The fourth-order valence-corrected chi connectivity index (χ4v) is 7.17. The standard InChI is InChI=1S/C17H16Cl3NO4S2/c1-11-8-17(16(20)9-15(11)19)27(24,25)21-7-6-14(10-21)26(22,23)13-4-2-12(18)3-5-13/h2-5,8-9,14H,6-7,10H2,1H3. The van der Waals surface area contributed by atoms with Crippen molar-refractivity contribution < 1.29 is 16.8 Å². The number of sulfonamides is 1. The van der Waals surface area contributed by atoms with Gasteiger partial charge in [-0.05, 0) is 55.3 Å². The van der Waals surface area contributed by atoms with Crippen LogP contribution < -0.4 is 0 Å². The molecule has 3 rings (SSSR count). The van der Waals surface area contributed by atoms with Crippen LogP contribution in [0.5, 0.6) is 0 Å². The molecule has 0 saturated carbocycles. The number of benzene rings is 2. The van der Waals surface area contributed by atoms with E-state index in [1.807, 2.05) is 0 Å². The van der Waals surface area contributed by atoms with Crippen molar-refractivity contribution in [2.24, 2.45) is 0 Å². The van der Waals surface area contributed by atoms with Crippen molar-refractivity contribution in [2.75, 3.05) is 13.1 Å². The SMILES string of the molecule is Cc1cc(S(=O)(=O)N2CCC(S(=O)(=O)c3ccc(Cl)cc3)C2)c(Cl)cc1Cl. The predicted octanol–water partition coefficient (Wildman–Crippen LogP) is 4.19. The van der Waals surface area contributed by atoms with Crippen LogP contribution >= 0.6 is 34.8 Å². The summed E-state index contributed by atoms with van der Waals surface area (Å²) in [6.07, 6.45) is 0.203. The van der Waals surface area contributed by atoms with Crippen LogP contribution in [-0.4, -0.2) is 39.5 Å². The minimum Gasteiger partial charge on any atom is -0.223 e. The zero-order valence-corrected chi connectivity index (χ0v) is 18.1. The van der Waals surface area contributed by atoms with E-state index in [4.69, 9.17) is 34.8 Å². The van der Waals surface area contributed by atoms with Gasteiger partial charge in [-0.1, -0.05) is 34.8 Å². The summed E-state index contributed by atoms with van der Waals surface area (Å²) in [5.41, 5.74) is 0.573. The maximum absolute atomic E-state index is 13.0. The van der Waals surface area contributed by atoms with Gasteiger partial charge in [-0.3, -0.25) is 0 Å². The van der Waals surface area contributed by atoms with E-state index in [0.29, 0.717) is 15.6 Å². The number of halogens is 3. The molecule has 1 aliphatic rings. The lowest BCUT2D eigenvalue weighted by atomic mass is 10.2. The highest BCUT2D eigenvalue weighted by Crippen LogP contribution is 2.33. The summed E-state index contributed by atoms with van der Waals surface area (Å²) in [4.78, 5) is 0.0483. The highest BCUT2D eigenvalue weighted by molar-refractivity contribution is 7.92. The molecule has 2 aromatic carbocycles. The van der Waals surface area contributed by atoms with Crippen molar-refractivity contribution in [3.05, 3.63) is 57.0 Å².